The number of guanidine groups is 1. The number of benzene rings is 1. The summed E-state index contributed by atoms with van der Waals surface area (Å²) in [6.45, 7) is 7.49. The first kappa shape index (κ1) is 27.7. The lowest BCUT2D eigenvalue weighted by atomic mass is 10.1. The molecule has 8 nitrogen and oxygen atoms in total. The molecule has 2 rings (SSSR count). The van der Waals surface area contributed by atoms with Crippen LogP contribution in [0.15, 0.2) is 58.8 Å². The molecule has 0 fully saturated rings. The third-order valence-corrected chi connectivity index (χ3v) is 5.72. The quantitative estimate of drug-likeness (QED) is 0.133. The van der Waals surface area contributed by atoms with Gasteiger partial charge < -0.3 is 26.1 Å². The molecule has 1 aromatic heterocycles. The van der Waals surface area contributed by atoms with E-state index in [2.05, 4.69) is 53.9 Å². The van der Waals surface area contributed by atoms with Crippen LogP contribution in [0.25, 0.3) is 10.9 Å². The van der Waals surface area contributed by atoms with E-state index < -0.39 is 12.0 Å². The van der Waals surface area contributed by atoms with E-state index in [-0.39, 0.29) is 18.3 Å². The monoisotopic (exact) mass is 481 g/mol. The molecule has 5 N–H and O–H groups in total. The topological polar surface area (TPSA) is 125 Å². The van der Waals surface area contributed by atoms with Crippen LogP contribution in [0.5, 0.6) is 0 Å². The number of hydrogen-bond acceptors (Lipinski definition) is 4. The highest BCUT2D eigenvalue weighted by Gasteiger charge is 2.22. The minimum Gasteiger partial charge on any atom is -0.467 e. The van der Waals surface area contributed by atoms with Crippen LogP contribution in [-0.2, 0) is 27.3 Å². The number of carbonyl (C=O) groups excluding carboxylic acids is 2. The molecule has 0 unspecified atom stereocenters. The van der Waals surface area contributed by atoms with Crippen molar-refractivity contribution >= 4 is 28.7 Å². The van der Waals surface area contributed by atoms with Crippen molar-refractivity contribution in [2.45, 2.75) is 65.5 Å². The largest absolute Gasteiger partial charge is 0.467 e. The number of rotatable bonds is 13. The van der Waals surface area contributed by atoms with Gasteiger partial charge in [-0.2, -0.15) is 0 Å². The van der Waals surface area contributed by atoms with Gasteiger partial charge in [-0.05, 0) is 58.1 Å². The number of esters is 1. The number of allylic oxidation sites excluding steroid dienone is 4. The van der Waals surface area contributed by atoms with Gasteiger partial charge in [0.05, 0.1) is 13.5 Å². The van der Waals surface area contributed by atoms with Crippen LogP contribution in [0.2, 0.25) is 0 Å². The molecule has 1 aromatic carbocycles. The molecule has 0 bridgehead atoms. The van der Waals surface area contributed by atoms with Crippen LogP contribution < -0.4 is 16.8 Å². The average Bonchev–Trinajstić information content (AvgIpc) is 3.16. The first-order valence-electron chi connectivity index (χ1n) is 12.0. The van der Waals surface area contributed by atoms with Gasteiger partial charge in [0.2, 0.25) is 5.91 Å². The van der Waals surface area contributed by atoms with Crippen molar-refractivity contribution in [3.8, 4) is 0 Å². The SMILES string of the molecule is COC(=O)[C@H](CCCN=C(N)N)NC(=O)Cc1cn(C/C=C(\C)CCC=C(C)C)c2ccccc12. The number of para-hydroxylation sites is 1. The Labute approximate surface area is 208 Å². The fourth-order valence-electron chi connectivity index (χ4n) is 3.87. The third-order valence-electron chi connectivity index (χ3n) is 5.72. The van der Waals surface area contributed by atoms with Crippen LogP contribution in [0.3, 0.4) is 0 Å². The van der Waals surface area contributed by atoms with E-state index in [1.807, 2.05) is 24.4 Å². The summed E-state index contributed by atoms with van der Waals surface area (Å²) in [5.74, 6) is -0.726. The second-order valence-corrected chi connectivity index (χ2v) is 8.96. The molecule has 0 spiro atoms. The Morgan fingerprint density at radius 1 is 1.17 bits per heavy atom. The van der Waals surface area contributed by atoms with E-state index in [1.54, 1.807) is 0 Å². The van der Waals surface area contributed by atoms with Gasteiger partial charge in [0.15, 0.2) is 5.96 Å². The predicted octanol–water partition coefficient (Wildman–Crippen LogP) is 3.59. The second-order valence-electron chi connectivity index (χ2n) is 8.96. The van der Waals surface area contributed by atoms with Gasteiger partial charge in [0.25, 0.3) is 0 Å². The first-order chi connectivity index (χ1) is 16.7. The smallest absolute Gasteiger partial charge is 0.328 e. The van der Waals surface area contributed by atoms with Crippen LogP contribution in [0.1, 0.15) is 52.0 Å². The Morgan fingerprint density at radius 2 is 1.91 bits per heavy atom. The molecule has 8 heteroatoms. The Balaban J connectivity index is 2.10. The molecule has 0 aliphatic heterocycles. The molecule has 2 aromatic rings. The zero-order valence-corrected chi connectivity index (χ0v) is 21.3. The zero-order valence-electron chi connectivity index (χ0n) is 21.3. The number of aromatic nitrogens is 1. The fourth-order valence-corrected chi connectivity index (χ4v) is 3.87. The molecule has 0 saturated heterocycles. The molecule has 0 saturated carbocycles. The molecular weight excluding hydrogens is 442 g/mol. The highest BCUT2D eigenvalue weighted by atomic mass is 16.5. The van der Waals surface area contributed by atoms with Gasteiger partial charge in [0, 0.05) is 30.2 Å². The maximum Gasteiger partial charge on any atom is 0.328 e. The molecule has 0 aliphatic rings. The summed E-state index contributed by atoms with van der Waals surface area (Å²) >= 11 is 0. The number of nitrogens with zero attached hydrogens (tertiary/aromatic N) is 2. The summed E-state index contributed by atoms with van der Waals surface area (Å²) in [7, 11) is 1.31. The lowest BCUT2D eigenvalue weighted by molar-refractivity contribution is -0.145. The number of hydrogen-bond donors (Lipinski definition) is 3. The van der Waals surface area contributed by atoms with Gasteiger partial charge in [-0.15, -0.1) is 0 Å². The van der Waals surface area contributed by atoms with E-state index in [9.17, 15) is 9.59 Å². The van der Waals surface area contributed by atoms with Crippen LogP contribution in [0.4, 0.5) is 0 Å². The molecule has 0 radical (unpaired) electrons. The van der Waals surface area contributed by atoms with E-state index in [1.165, 1.54) is 18.3 Å². The Kier molecular flexibility index (Phi) is 11.1. The number of aliphatic imine (C=N–C) groups is 1. The van der Waals surface area contributed by atoms with Crippen molar-refractivity contribution in [1.29, 1.82) is 0 Å². The van der Waals surface area contributed by atoms with Crippen LogP contribution >= 0.6 is 0 Å². The molecule has 1 amide bonds. The summed E-state index contributed by atoms with van der Waals surface area (Å²) < 4.78 is 7.02. The number of carbonyl (C=O) groups is 2. The van der Waals surface area contributed by atoms with E-state index in [0.717, 1.165) is 35.9 Å². The number of amides is 1. The minimum absolute atomic E-state index is 0.00187. The van der Waals surface area contributed by atoms with Crippen LogP contribution in [0, 0.1) is 0 Å². The van der Waals surface area contributed by atoms with E-state index in [0.29, 0.717) is 19.4 Å². The summed E-state index contributed by atoms with van der Waals surface area (Å²) in [6.07, 6.45) is 9.66. The predicted molar refractivity (Wildman–Crippen MR) is 142 cm³/mol. The van der Waals surface area contributed by atoms with Crippen molar-refractivity contribution in [2.75, 3.05) is 13.7 Å². The minimum atomic E-state index is -0.749. The zero-order chi connectivity index (χ0) is 25.8. The molecule has 35 heavy (non-hydrogen) atoms. The summed E-state index contributed by atoms with van der Waals surface area (Å²) in [4.78, 5) is 28.9. The highest BCUT2D eigenvalue weighted by molar-refractivity contribution is 5.91. The van der Waals surface area contributed by atoms with E-state index >= 15 is 0 Å². The van der Waals surface area contributed by atoms with Gasteiger partial charge in [-0.25, -0.2) is 4.79 Å². The molecule has 190 valence electrons. The maximum atomic E-state index is 12.9. The van der Waals surface area contributed by atoms with Gasteiger partial charge >= 0.3 is 5.97 Å². The Bertz CT molecular complexity index is 1090. The van der Waals surface area contributed by atoms with Crippen molar-refractivity contribution in [3.63, 3.8) is 0 Å². The maximum absolute atomic E-state index is 12.9. The lowest BCUT2D eigenvalue weighted by Gasteiger charge is -2.16. The summed E-state index contributed by atoms with van der Waals surface area (Å²) in [5.41, 5.74) is 15.3. The van der Waals surface area contributed by atoms with Gasteiger partial charge in [-0.3, -0.25) is 9.79 Å². The third kappa shape index (κ3) is 9.31. The number of methoxy groups -OCH3 is 1. The molecular formula is C27H39N5O3. The standard InChI is InChI=1S/C27H39N5O3/c1-19(2)9-7-10-20(3)14-16-32-18-21(22-11-5-6-13-24(22)32)17-25(33)31-23(26(34)35-4)12-8-15-30-27(28)29/h5-6,9,11,13-14,18,23H,7-8,10,12,15-17H2,1-4H3,(H,31,33)(H4,28,29,30)/b20-14+/t23-/m0/s1. The summed E-state index contributed by atoms with van der Waals surface area (Å²) in [5, 5.41) is 3.84. The van der Waals surface area contributed by atoms with Gasteiger partial charge in [-0.1, -0.05) is 41.5 Å². The number of fused-ring (bicyclic) bond motifs is 1. The molecule has 1 heterocycles. The normalized spacial score (nSPS) is 12.2. The number of ether oxygens (including phenoxy) is 1. The van der Waals surface area contributed by atoms with Gasteiger partial charge in [0.1, 0.15) is 6.04 Å². The number of nitrogens with two attached hydrogens (primary N) is 2. The van der Waals surface area contributed by atoms with Crippen molar-refractivity contribution in [3.05, 3.63) is 59.3 Å². The fraction of sp³-hybridized carbons (Fsp3) is 0.444. The average molecular weight is 482 g/mol. The van der Waals surface area contributed by atoms with Crippen LogP contribution in [-0.4, -0.2) is 42.1 Å². The van der Waals surface area contributed by atoms with Crippen molar-refractivity contribution < 1.29 is 14.3 Å². The van der Waals surface area contributed by atoms with E-state index in [4.69, 9.17) is 16.2 Å². The Hall–Kier alpha value is -3.55. The summed E-state index contributed by atoms with van der Waals surface area (Å²) in [6, 6.07) is 7.30. The lowest BCUT2D eigenvalue weighted by Crippen LogP contribution is -2.42. The van der Waals surface area contributed by atoms with Crippen molar-refractivity contribution in [2.24, 2.45) is 16.5 Å². The molecule has 1 atom stereocenters. The number of nitrogens with one attached hydrogen (secondary N) is 1. The Morgan fingerprint density at radius 3 is 2.60 bits per heavy atom. The molecule has 0 aliphatic carbocycles. The second kappa shape index (κ2) is 14.0. The highest BCUT2D eigenvalue weighted by Crippen LogP contribution is 2.22. The first-order valence-corrected chi connectivity index (χ1v) is 12.0. The van der Waals surface area contributed by atoms with Crippen molar-refractivity contribution in [1.82, 2.24) is 9.88 Å².